The zero-order valence-corrected chi connectivity index (χ0v) is 16.4. The molecule has 8 heteroatoms. The van der Waals surface area contributed by atoms with Crippen molar-refractivity contribution < 1.29 is 14.0 Å². The summed E-state index contributed by atoms with van der Waals surface area (Å²) in [5, 5.41) is 14.5. The number of nitrogens with one attached hydrogen (secondary N) is 3. The van der Waals surface area contributed by atoms with E-state index in [1.54, 1.807) is 23.0 Å². The summed E-state index contributed by atoms with van der Waals surface area (Å²) in [5.41, 5.74) is 1.14. The van der Waals surface area contributed by atoms with Crippen LogP contribution in [0.2, 0.25) is 0 Å². The van der Waals surface area contributed by atoms with Crippen molar-refractivity contribution in [3.05, 3.63) is 78.5 Å². The van der Waals surface area contributed by atoms with Gasteiger partial charge in [-0.3, -0.25) is 9.48 Å². The molecule has 2 aromatic carbocycles. The molecule has 4 aromatic rings. The van der Waals surface area contributed by atoms with E-state index in [9.17, 15) is 9.59 Å². The van der Waals surface area contributed by atoms with Gasteiger partial charge in [0.15, 0.2) is 5.69 Å². The van der Waals surface area contributed by atoms with Crippen LogP contribution in [-0.4, -0.2) is 21.7 Å². The van der Waals surface area contributed by atoms with Crippen molar-refractivity contribution in [2.75, 3.05) is 10.6 Å². The predicted molar refractivity (Wildman–Crippen MR) is 114 cm³/mol. The molecular formula is C22H21N5O3. The second-order valence-electron chi connectivity index (χ2n) is 6.61. The summed E-state index contributed by atoms with van der Waals surface area (Å²) >= 11 is 0. The third-order valence-electron chi connectivity index (χ3n) is 4.59. The van der Waals surface area contributed by atoms with Crippen LogP contribution in [0.4, 0.5) is 16.2 Å². The van der Waals surface area contributed by atoms with E-state index in [1.165, 1.54) is 6.26 Å². The number of anilines is 2. The number of furan rings is 1. The summed E-state index contributed by atoms with van der Waals surface area (Å²) in [6.07, 6.45) is 3.17. The van der Waals surface area contributed by atoms with Gasteiger partial charge in [0.1, 0.15) is 5.76 Å². The fourth-order valence-corrected chi connectivity index (χ4v) is 3.12. The first kappa shape index (κ1) is 19.3. The summed E-state index contributed by atoms with van der Waals surface area (Å²) in [5.74, 6) is 0.223. The highest BCUT2D eigenvalue weighted by atomic mass is 16.3. The highest BCUT2D eigenvalue weighted by molar-refractivity contribution is 6.08. The summed E-state index contributed by atoms with van der Waals surface area (Å²) < 4.78 is 6.81. The van der Waals surface area contributed by atoms with Gasteiger partial charge in [0.05, 0.1) is 24.2 Å². The van der Waals surface area contributed by atoms with E-state index < -0.39 is 11.9 Å². The molecule has 0 spiro atoms. The Morgan fingerprint density at radius 1 is 1.00 bits per heavy atom. The number of benzene rings is 2. The van der Waals surface area contributed by atoms with E-state index in [1.807, 2.05) is 49.4 Å². The fourth-order valence-electron chi connectivity index (χ4n) is 3.12. The fraction of sp³-hybridized carbons (Fsp3) is 0.136. The SMILES string of the molecule is CCn1cc(NC(=O)Nc2cccc3ccccc23)c(C(=O)NCc2ccco2)n1. The molecule has 152 valence electrons. The van der Waals surface area contributed by atoms with Crippen LogP contribution in [0.25, 0.3) is 10.8 Å². The van der Waals surface area contributed by atoms with Crippen molar-refractivity contribution in [2.24, 2.45) is 0 Å². The zero-order chi connectivity index (χ0) is 20.9. The molecule has 4 rings (SSSR count). The number of aromatic nitrogens is 2. The standard InChI is InChI=1S/C22H21N5O3/c1-2-27-14-19(20(26-27)21(28)23-13-16-9-6-12-30-16)25-22(29)24-18-11-5-8-15-7-3-4-10-17(15)18/h3-12,14H,2,13H2,1H3,(H,23,28)(H2,24,25,29). The van der Waals surface area contributed by atoms with E-state index in [4.69, 9.17) is 4.42 Å². The minimum Gasteiger partial charge on any atom is -0.467 e. The Bertz CT molecular complexity index is 1180. The summed E-state index contributed by atoms with van der Waals surface area (Å²) in [4.78, 5) is 25.2. The predicted octanol–water partition coefficient (Wildman–Crippen LogP) is 4.22. The Kier molecular flexibility index (Phi) is 5.47. The number of carbonyl (C=O) groups is 2. The van der Waals surface area contributed by atoms with Gasteiger partial charge in [-0.2, -0.15) is 5.10 Å². The average Bonchev–Trinajstić information content (AvgIpc) is 3.42. The van der Waals surface area contributed by atoms with Crippen molar-refractivity contribution in [2.45, 2.75) is 20.0 Å². The lowest BCUT2D eigenvalue weighted by atomic mass is 10.1. The summed E-state index contributed by atoms with van der Waals surface area (Å²) in [6.45, 7) is 2.69. The average molecular weight is 403 g/mol. The molecule has 30 heavy (non-hydrogen) atoms. The molecule has 0 aliphatic heterocycles. The second kappa shape index (κ2) is 8.52. The van der Waals surface area contributed by atoms with Gasteiger partial charge in [0.2, 0.25) is 0 Å². The molecule has 3 amide bonds. The van der Waals surface area contributed by atoms with Crippen LogP contribution in [0.3, 0.4) is 0 Å². The molecule has 0 radical (unpaired) electrons. The minimum atomic E-state index is -0.456. The normalized spacial score (nSPS) is 10.7. The van der Waals surface area contributed by atoms with Crippen molar-refractivity contribution in [1.29, 1.82) is 0 Å². The summed E-state index contributed by atoms with van der Waals surface area (Å²) in [7, 11) is 0. The van der Waals surface area contributed by atoms with E-state index in [0.29, 0.717) is 23.7 Å². The molecule has 0 fully saturated rings. The largest absolute Gasteiger partial charge is 0.467 e. The maximum Gasteiger partial charge on any atom is 0.323 e. The highest BCUT2D eigenvalue weighted by Gasteiger charge is 2.19. The molecular weight excluding hydrogens is 382 g/mol. The Labute approximate surface area is 172 Å². The van der Waals surface area contributed by atoms with Gasteiger partial charge in [-0.15, -0.1) is 0 Å². The van der Waals surface area contributed by atoms with Gasteiger partial charge in [0, 0.05) is 18.1 Å². The molecule has 2 heterocycles. The zero-order valence-electron chi connectivity index (χ0n) is 16.4. The van der Waals surface area contributed by atoms with Gasteiger partial charge in [0.25, 0.3) is 5.91 Å². The maximum atomic E-state index is 12.6. The summed E-state index contributed by atoms with van der Waals surface area (Å²) in [6, 6.07) is 16.5. The second-order valence-corrected chi connectivity index (χ2v) is 6.61. The molecule has 0 aliphatic carbocycles. The Balaban J connectivity index is 1.50. The molecule has 0 saturated heterocycles. The van der Waals surface area contributed by atoms with Crippen LogP contribution in [0, 0.1) is 0 Å². The van der Waals surface area contributed by atoms with Gasteiger partial charge >= 0.3 is 6.03 Å². The van der Waals surface area contributed by atoms with Crippen LogP contribution in [0.5, 0.6) is 0 Å². The minimum absolute atomic E-state index is 0.136. The Morgan fingerprint density at radius 3 is 2.60 bits per heavy atom. The van der Waals surface area contributed by atoms with E-state index >= 15 is 0 Å². The van der Waals surface area contributed by atoms with Gasteiger partial charge in [-0.1, -0.05) is 36.4 Å². The number of nitrogens with zero attached hydrogens (tertiary/aromatic N) is 2. The van der Waals surface area contributed by atoms with Crippen LogP contribution in [0.1, 0.15) is 23.2 Å². The lowest BCUT2D eigenvalue weighted by Gasteiger charge is -2.10. The van der Waals surface area contributed by atoms with Crippen LogP contribution in [0.15, 0.2) is 71.5 Å². The third-order valence-corrected chi connectivity index (χ3v) is 4.59. The smallest absolute Gasteiger partial charge is 0.323 e. The molecule has 0 bridgehead atoms. The Morgan fingerprint density at radius 2 is 1.80 bits per heavy atom. The lowest BCUT2D eigenvalue weighted by molar-refractivity contribution is 0.0943. The highest BCUT2D eigenvalue weighted by Crippen LogP contribution is 2.23. The number of urea groups is 1. The first-order valence-corrected chi connectivity index (χ1v) is 9.58. The molecule has 0 saturated carbocycles. The molecule has 2 aromatic heterocycles. The van der Waals surface area contributed by atoms with Crippen molar-refractivity contribution in [3.8, 4) is 0 Å². The van der Waals surface area contributed by atoms with Crippen LogP contribution < -0.4 is 16.0 Å². The molecule has 0 aliphatic rings. The van der Waals surface area contributed by atoms with Crippen molar-refractivity contribution >= 4 is 34.1 Å². The first-order chi connectivity index (χ1) is 14.6. The molecule has 3 N–H and O–H groups in total. The number of carbonyl (C=O) groups excluding carboxylic acids is 2. The van der Waals surface area contributed by atoms with Gasteiger partial charge < -0.3 is 20.4 Å². The first-order valence-electron chi connectivity index (χ1n) is 9.58. The van der Waals surface area contributed by atoms with Crippen LogP contribution in [-0.2, 0) is 13.1 Å². The quantitative estimate of drug-likeness (QED) is 0.449. The topological polar surface area (TPSA) is 101 Å². The number of aryl methyl sites for hydroxylation is 1. The van der Waals surface area contributed by atoms with Crippen LogP contribution >= 0.6 is 0 Å². The van der Waals surface area contributed by atoms with Gasteiger partial charge in [-0.05, 0) is 30.5 Å². The van der Waals surface area contributed by atoms with Gasteiger partial charge in [-0.25, -0.2) is 4.79 Å². The molecule has 0 atom stereocenters. The monoisotopic (exact) mass is 403 g/mol. The number of fused-ring (bicyclic) bond motifs is 1. The third kappa shape index (κ3) is 4.17. The number of hydrogen-bond donors (Lipinski definition) is 3. The van der Waals surface area contributed by atoms with Crippen molar-refractivity contribution in [3.63, 3.8) is 0 Å². The Hall–Kier alpha value is -4.07. The molecule has 8 nitrogen and oxygen atoms in total. The number of hydrogen-bond acceptors (Lipinski definition) is 4. The lowest BCUT2D eigenvalue weighted by Crippen LogP contribution is -2.26. The maximum absolute atomic E-state index is 12.6. The van der Waals surface area contributed by atoms with E-state index in [2.05, 4.69) is 21.0 Å². The van der Waals surface area contributed by atoms with E-state index in [-0.39, 0.29) is 12.2 Å². The number of amides is 3. The van der Waals surface area contributed by atoms with Crippen molar-refractivity contribution in [1.82, 2.24) is 15.1 Å². The number of rotatable bonds is 6. The molecule has 0 unspecified atom stereocenters. The van der Waals surface area contributed by atoms with E-state index in [0.717, 1.165) is 10.8 Å².